The van der Waals surface area contributed by atoms with Gasteiger partial charge in [0, 0.05) is 18.2 Å². The molecule has 1 aliphatic heterocycles. The maximum Gasteiger partial charge on any atom is 0.235 e. The molecule has 1 heterocycles. The Labute approximate surface area is 182 Å². The van der Waals surface area contributed by atoms with Crippen molar-refractivity contribution in [1.82, 2.24) is 0 Å². The molecular weight excluding hydrogens is 394 g/mol. The van der Waals surface area contributed by atoms with E-state index in [9.17, 15) is 4.79 Å². The Kier molecular flexibility index (Phi) is 4.70. The van der Waals surface area contributed by atoms with Crippen LogP contribution in [-0.4, -0.2) is 26.9 Å². The predicted octanol–water partition coefficient (Wildman–Crippen LogP) is 5.02. The molecule has 1 fully saturated rings. The van der Waals surface area contributed by atoms with E-state index in [-0.39, 0.29) is 14.1 Å². The number of ether oxygens (including phenoxy) is 4. The number of benzene rings is 3. The average Bonchev–Trinajstić information content (AvgIpc) is 3.50. The van der Waals surface area contributed by atoms with Crippen molar-refractivity contribution in [2.45, 2.75) is 18.3 Å². The molecule has 1 amide bonds. The molecule has 1 aliphatic carbocycles. The van der Waals surface area contributed by atoms with Gasteiger partial charge < -0.3 is 24.3 Å². The highest BCUT2D eigenvalue weighted by atomic mass is 16.7. The van der Waals surface area contributed by atoms with Crippen molar-refractivity contribution in [3.05, 3.63) is 66.2 Å². The lowest BCUT2D eigenvalue weighted by atomic mass is 9.94. The third-order valence-electron chi connectivity index (χ3n) is 5.96. The second-order valence-corrected chi connectivity index (χ2v) is 7.72. The number of hydrogen-bond donors (Lipinski definition) is 1. The lowest BCUT2D eigenvalue weighted by Gasteiger charge is -2.18. The van der Waals surface area contributed by atoms with Gasteiger partial charge in [-0.1, -0.05) is 24.3 Å². The smallest absolute Gasteiger partial charge is 0.235 e. The van der Waals surface area contributed by atoms with Gasteiger partial charge in [0.05, 0.1) is 19.6 Å². The van der Waals surface area contributed by atoms with Crippen molar-refractivity contribution in [2.24, 2.45) is 0 Å². The Morgan fingerprint density at radius 1 is 0.903 bits per heavy atom. The first-order valence-corrected chi connectivity index (χ1v) is 10.2. The van der Waals surface area contributed by atoms with Gasteiger partial charge in [0.25, 0.3) is 0 Å². The van der Waals surface area contributed by atoms with Crippen LogP contribution >= 0.6 is 0 Å². The lowest BCUT2D eigenvalue weighted by molar-refractivity contribution is -0.118. The van der Waals surface area contributed by atoms with E-state index in [0.717, 1.165) is 41.0 Å². The highest BCUT2D eigenvalue weighted by molar-refractivity contribution is 6.02. The molecule has 3 aromatic carbocycles. The molecule has 160 valence electrons. The molecule has 2 aliphatic rings. The molecule has 6 nitrogen and oxygen atoms in total. The predicted molar refractivity (Wildman–Crippen MR) is 119 cm³/mol. The molecule has 0 atom stereocenters. The standard InChI is InChI=1S/C25H23NO5.H2/c1-28-20-6-4-3-5-18(20)19-14-17(8-10-21(19)29-2)26-24(27)25(11-12-25)16-7-9-22-23(13-16)31-15-30-22;/h3-10,13-14H,11-12,15H2,1-2H3,(H,26,27);1H. The summed E-state index contributed by atoms with van der Waals surface area (Å²) in [6.07, 6.45) is 1.60. The summed E-state index contributed by atoms with van der Waals surface area (Å²) in [6.45, 7) is 0.218. The molecular formula is C25H25NO5. The Balaban J connectivity index is 0.00000245. The molecule has 31 heavy (non-hydrogen) atoms. The Hall–Kier alpha value is -3.67. The zero-order valence-electron chi connectivity index (χ0n) is 17.4. The van der Waals surface area contributed by atoms with Gasteiger partial charge in [0.15, 0.2) is 11.5 Å². The minimum atomic E-state index is -0.536. The number of hydrogen-bond acceptors (Lipinski definition) is 5. The summed E-state index contributed by atoms with van der Waals surface area (Å²) in [5.41, 5.74) is 2.87. The van der Waals surface area contributed by atoms with E-state index in [4.69, 9.17) is 18.9 Å². The number of rotatable bonds is 6. The van der Waals surface area contributed by atoms with E-state index in [1.54, 1.807) is 14.2 Å². The van der Waals surface area contributed by atoms with Gasteiger partial charge in [-0.15, -0.1) is 0 Å². The van der Waals surface area contributed by atoms with E-state index in [1.807, 2.05) is 60.7 Å². The van der Waals surface area contributed by atoms with Gasteiger partial charge in [-0.05, 0) is 54.8 Å². The molecule has 0 saturated heterocycles. The maximum absolute atomic E-state index is 13.3. The fraction of sp³-hybridized carbons (Fsp3) is 0.240. The van der Waals surface area contributed by atoms with Crippen molar-refractivity contribution in [3.8, 4) is 34.1 Å². The second-order valence-electron chi connectivity index (χ2n) is 7.72. The summed E-state index contributed by atoms with van der Waals surface area (Å²) < 4.78 is 22.0. The maximum atomic E-state index is 13.3. The largest absolute Gasteiger partial charge is 0.496 e. The van der Waals surface area contributed by atoms with Gasteiger partial charge in [0.2, 0.25) is 12.7 Å². The number of fused-ring (bicyclic) bond motifs is 1. The van der Waals surface area contributed by atoms with Crippen LogP contribution in [0.2, 0.25) is 0 Å². The first-order valence-electron chi connectivity index (χ1n) is 10.2. The third kappa shape index (κ3) is 3.34. The van der Waals surface area contributed by atoms with Crippen LogP contribution in [0.3, 0.4) is 0 Å². The molecule has 1 saturated carbocycles. The minimum absolute atomic E-state index is 0. The van der Waals surface area contributed by atoms with Gasteiger partial charge >= 0.3 is 0 Å². The summed E-state index contributed by atoms with van der Waals surface area (Å²) >= 11 is 0. The Morgan fingerprint density at radius 3 is 2.42 bits per heavy atom. The van der Waals surface area contributed by atoms with Crippen LogP contribution in [0.5, 0.6) is 23.0 Å². The molecule has 0 aromatic heterocycles. The number of para-hydroxylation sites is 1. The molecule has 0 bridgehead atoms. The monoisotopic (exact) mass is 419 g/mol. The molecule has 5 rings (SSSR count). The third-order valence-corrected chi connectivity index (χ3v) is 5.96. The van der Waals surface area contributed by atoms with Crippen LogP contribution in [0.25, 0.3) is 11.1 Å². The number of carbonyl (C=O) groups is 1. The van der Waals surface area contributed by atoms with Crippen molar-refractivity contribution in [1.29, 1.82) is 0 Å². The Bertz CT molecular complexity index is 1160. The summed E-state index contributed by atoms with van der Waals surface area (Å²) in [7, 11) is 3.27. The van der Waals surface area contributed by atoms with Crippen molar-refractivity contribution in [3.63, 3.8) is 0 Å². The minimum Gasteiger partial charge on any atom is -0.496 e. The number of methoxy groups -OCH3 is 2. The van der Waals surface area contributed by atoms with Crippen molar-refractivity contribution < 1.29 is 25.2 Å². The van der Waals surface area contributed by atoms with Crippen LogP contribution in [-0.2, 0) is 10.2 Å². The summed E-state index contributed by atoms with van der Waals surface area (Å²) in [4.78, 5) is 13.3. The van der Waals surface area contributed by atoms with Crippen molar-refractivity contribution >= 4 is 11.6 Å². The quantitative estimate of drug-likeness (QED) is 0.608. The summed E-state index contributed by atoms with van der Waals surface area (Å²) in [5.74, 6) is 2.83. The number of carbonyl (C=O) groups excluding carboxylic acids is 1. The van der Waals surface area contributed by atoms with Crippen LogP contribution in [0.1, 0.15) is 19.8 Å². The zero-order valence-corrected chi connectivity index (χ0v) is 17.4. The SMILES string of the molecule is COc1ccccc1-c1cc(NC(=O)C2(c3ccc4c(c3)OCO4)CC2)ccc1OC.[HH]. The van der Waals surface area contributed by atoms with E-state index in [2.05, 4.69) is 5.32 Å². The molecule has 0 unspecified atom stereocenters. The average molecular weight is 419 g/mol. The first kappa shape index (κ1) is 19.3. The number of nitrogens with one attached hydrogen (secondary N) is 1. The van der Waals surface area contributed by atoms with E-state index in [1.165, 1.54) is 0 Å². The zero-order chi connectivity index (χ0) is 21.4. The van der Waals surface area contributed by atoms with Crippen LogP contribution < -0.4 is 24.3 Å². The van der Waals surface area contributed by atoms with Gasteiger partial charge in [0.1, 0.15) is 11.5 Å². The number of anilines is 1. The molecule has 3 aromatic rings. The fourth-order valence-electron chi connectivity index (χ4n) is 4.08. The molecule has 1 N–H and O–H groups in total. The van der Waals surface area contributed by atoms with E-state index >= 15 is 0 Å². The molecule has 6 heteroatoms. The van der Waals surface area contributed by atoms with Crippen LogP contribution in [0, 0.1) is 0 Å². The summed E-state index contributed by atoms with van der Waals surface area (Å²) in [6, 6.07) is 19.1. The summed E-state index contributed by atoms with van der Waals surface area (Å²) in [5, 5.41) is 3.10. The fourth-order valence-corrected chi connectivity index (χ4v) is 4.08. The van der Waals surface area contributed by atoms with Gasteiger partial charge in [-0.2, -0.15) is 0 Å². The van der Waals surface area contributed by atoms with Crippen LogP contribution in [0.15, 0.2) is 60.7 Å². The van der Waals surface area contributed by atoms with Gasteiger partial charge in [-0.25, -0.2) is 0 Å². The second kappa shape index (κ2) is 7.54. The van der Waals surface area contributed by atoms with Gasteiger partial charge in [-0.3, -0.25) is 4.79 Å². The van der Waals surface area contributed by atoms with E-state index in [0.29, 0.717) is 17.2 Å². The molecule has 0 radical (unpaired) electrons. The molecule has 0 spiro atoms. The highest BCUT2D eigenvalue weighted by Gasteiger charge is 2.51. The lowest BCUT2D eigenvalue weighted by Crippen LogP contribution is -2.27. The van der Waals surface area contributed by atoms with Crippen molar-refractivity contribution in [2.75, 3.05) is 26.3 Å². The van der Waals surface area contributed by atoms with E-state index < -0.39 is 5.41 Å². The Morgan fingerprint density at radius 2 is 1.65 bits per heavy atom. The normalized spacial score (nSPS) is 15.3. The highest BCUT2D eigenvalue weighted by Crippen LogP contribution is 2.51. The van der Waals surface area contributed by atoms with Crippen LogP contribution in [0.4, 0.5) is 5.69 Å². The topological polar surface area (TPSA) is 66.0 Å². The first-order chi connectivity index (χ1) is 15.1. The number of amides is 1.